The zero-order valence-electron chi connectivity index (χ0n) is 11.2. The summed E-state index contributed by atoms with van der Waals surface area (Å²) >= 11 is 0. The topological polar surface area (TPSA) is 114 Å². The van der Waals surface area contributed by atoms with Gasteiger partial charge in [-0.3, -0.25) is 9.89 Å². The number of ketones is 1. The normalized spacial score (nSPS) is 12.1. The number of furan rings is 1. The third kappa shape index (κ3) is 1.59. The predicted octanol–water partition coefficient (Wildman–Crippen LogP) is 2.37. The number of carbonyl (C=O) groups is 2. The first-order valence-corrected chi connectivity index (χ1v) is 6.53. The fourth-order valence-corrected chi connectivity index (χ4v) is 2.71. The Morgan fingerprint density at radius 3 is 2.82 bits per heavy atom. The smallest absolute Gasteiger partial charge is 0.316 e. The fraction of sp³-hybridized carbons (Fsp3) is 0. The average Bonchev–Trinajstić information content (AvgIpc) is 3.18. The molecular weight excluding hydrogens is 284 g/mol. The van der Waals surface area contributed by atoms with Crippen LogP contribution in [0.3, 0.4) is 0 Å². The van der Waals surface area contributed by atoms with Crippen molar-refractivity contribution in [3.63, 3.8) is 0 Å². The maximum atomic E-state index is 12.8. The molecule has 4 N–H and O–H groups in total. The number of amides is 2. The molecule has 7 nitrogen and oxygen atoms in total. The minimum atomic E-state index is -0.724. The molecule has 0 atom stereocenters. The Hall–Kier alpha value is -3.35. The van der Waals surface area contributed by atoms with Crippen LogP contribution >= 0.6 is 0 Å². The first-order chi connectivity index (χ1) is 10.7. The highest BCUT2D eigenvalue weighted by molar-refractivity contribution is 6.26. The lowest BCUT2D eigenvalue weighted by atomic mass is 10.1. The number of nitrogens with zero attached hydrogens (tertiary/aromatic N) is 1. The standard InChI is InChI=1S/C15H10N4O3/c16-15(21)17-8-4-1-3-7-10(8)14(20)11-12(7)18-19-13(11)9-5-2-6-22-9/h1-6H,(H,18,19)(H3,16,17,21). The van der Waals surface area contributed by atoms with E-state index in [0.29, 0.717) is 39.5 Å². The number of urea groups is 1. The summed E-state index contributed by atoms with van der Waals surface area (Å²) in [6.07, 6.45) is 1.52. The Morgan fingerprint density at radius 2 is 2.09 bits per heavy atom. The van der Waals surface area contributed by atoms with E-state index in [9.17, 15) is 9.59 Å². The summed E-state index contributed by atoms with van der Waals surface area (Å²) in [4.78, 5) is 23.9. The Balaban J connectivity index is 1.92. The average molecular weight is 294 g/mol. The van der Waals surface area contributed by atoms with E-state index in [0.717, 1.165) is 0 Å². The minimum absolute atomic E-state index is 0.227. The zero-order valence-corrected chi connectivity index (χ0v) is 11.2. The number of primary amides is 1. The van der Waals surface area contributed by atoms with Gasteiger partial charge in [0.25, 0.3) is 0 Å². The van der Waals surface area contributed by atoms with Crippen LogP contribution in [0, 0.1) is 0 Å². The molecule has 0 unspecified atom stereocenters. The molecule has 0 saturated carbocycles. The fourth-order valence-electron chi connectivity index (χ4n) is 2.71. The maximum Gasteiger partial charge on any atom is 0.316 e. The van der Waals surface area contributed by atoms with Gasteiger partial charge < -0.3 is 15.5 Å². The number of H-pyrrole nitrogens is 1. The van der Waals surface area contributed by atoms with Gasteiger partial charge in [0.1, 0.15) is 11.4 Å². The molecule has 4 rings (SSSR count). The van der Waals surface area contributed by atoms with Crippen LogP contribution in [-0.4, -0.2) is 22.0 Å². The SMILES string of the molecule is NC(=O)Nc1cccc2c1C(=O)c1c-2n[nH]c1-c1ccco1. The van der Waals surface area contributed by atoms with Crippen molar-refractivity contribution in [2.24, 2.45) is 5.73 Å². The van der Waals surface area contributed by atoms with Gasteiger partial charge in [0.2, 0.25) is 0 Å². The first-order valence-electron chi connectivity index (χ1n) is 6.53. The Morgan fingerprint density at radius 1 is 1.23 bits per heavy atom. The molecule has 0 aliphatic heterocycles. The van der Waals surface area contributed by atoms with E-state index in [1.165, 1.54) is 6.26 Å². The van der Waals surface area contributed by atoms with E-state index in [4.69, 9.17) is 10.2 Å². The number of benzene rings is 1. The summed E-state index contributed by atoms with van der Waals surface area (Å²) in [5, 5.41) is 9.52. The van der Waals surface area contributed by atoms with Crippen LogP contribution in [0.2, 0.25) is 0 Å². The van der Waals surface area contributed by atoms with E-state index < -0.39 is 6.03 Å². The van der Waals surface area contributed by atoms with Crippen molar-refractivity contribution in [2.75, 3.05) is 5.32 Å². The molecule has 3 aromatic rings. The van der Waals surface area contributed by atoms with Gasteiger partial charge in [-0.15, -0.1) is 0 Å². The van der Waals surface area contributed by atoms with Crippen molar-refractivity contribution >= 4 is 17.5 Å². The summed E-state index contributed by atoms with van der Waals surface area (Å²) in [6, 6.07) is 7.88. The molecule has 1 aromatic carbocycles. The van der Waals surface area contributed by atoms with E-state index >= 15 is 0 Å². The van der Waals surface area contributed by atoms with Gasteiger partial charge >= 0.3 is 6.03 Å². The zero-order chi connectivity index (χ0) is 15.3. The van der Waals surface area contributed by atoms with Crippen molar-refractivity contribution in [2.45, 2.75) is 0 Å². The second kappa shape index (κ2) is 4.32. The van der Waals surface area contributed by atoms with Crippen LogP contribution in [0.25, 0.3) is 22.7 Å². The number of nitrogens with one attached hydrogen (secondary N) is 2. The molecule has 7 heteroatoms. The number of fused-ring (bicyclic) bond motifs is 3. The lowest BCUT2D eigenvalue weighted by Gasteiger charge is -2.07. The summed E-state index contributed by atoms with van der Waals surface area (Å²) in [7, 11) is 0. The highest BCUT2D eigenvalue weighted by atomic mass is 16.3. The van der Waals surface area contributed by atoms with E-state index in [1.54, 1.807) is 30.3 Å². The molecule has 1 aliphatic carbocycles. The van der Waals surface area contributed by atoms with Gasteiger partial charge in [-0.2, -0.15) is 5.10 Å². The molecule has 0 bridgehead atoms. The molecule has 2 amide bonds. The summed E-state index contributed by atoms with van der Waals surface area (Å²) in [5.74, 6) is 0.300. The highest BCUT2D eigenvalue weighted by Crippen LogP contribution is 2.42. The number of rotatable bonds is 2. The largest absolute Gasteiger partial charge is 0.463 e. The highest BCUT2D eigenvalue weighted by Gasteiger charge is 2.35. The number of hydrogen-bond acceptors (Lipinski definition) is 4. The quantitative estimate of drug-likeness (QED) is 0.526. The summed E-state index contributed by atoms with van der Waals surface area (Å²) in [5.41, 5.74) is 8.06. The molecule has 108 valence electrons. The molecular formula is C15H10N4O3. The number of carbonyl (C=O) groups excluding carboxylic acids is 2. The Kier molecular flexibility index (Phi) is 2.43. The third-order valence-electron chi connectivity index (χ3n) is 3.57. The molecule has 0 fully saturated rings. The second-order valence-corrected chi connectivity index (χ2v) is 4.85. The van der Waals surface area contributed by atoms with Crippen LogP contribution < -0.4 is 11.1 Å². The van der Waals surface area contributed by atoms with Crippen LogP contribution in [0.15, 0.2) is 41.0 Å². The van der Waals surface area contributed by atoms with Crippen LogP contribution in [0.5, 0.6) is 0 Å². The van der Waals surface area contributed by atoms with Crippen molar-refractivity contribution in [1.82, 2.24) is 10.2 Å². The molecule has 0 saturated heterocycles. The lowest BCUT2D eigenvalue weighted by Crippen LogP contribution is -2.20. The van der Waals surface area contributed by atoms with Gasteiger partial charge in [0, 0.05) is 5.56 Å². The number of hydrogen-bond donors (Lipinski definition) is 3. The molecule has 0 radical (unpaired) electrons. The van der Waals surface area contributed by atoms with Gasteiger partial charge in [-0.1, -0.05) is 12.1 Å². The van der Waals surface area contributed by atoms with Crippen molar-refractivity contribution in [1.29, 1.82) is 0 Å². The first kappa shape index (κ1) is 12.4. The van der Waals surface area contributed by atoms with Crippen molar-refractivity contribution in [3.05, 3.63) is 47.7 Å². The van der Waals surface area contributed by atoms with Crippen LogP contribution in [-0.2, 0) is 0 Å². The van der Waals surface area contributed by atoms with E-state index in [2.05, 4.69) is 15.5 Å². The minimum Gasteiger partial charge on any atom is -0.463 e. The van der Waals surface area contributed by atoms with Crippen LogP contribution in [0.4, 0.5) is 10.5 Å². The number of anilines is 1. The lowest BCUT2D eigenvalue weighted by molar-refractivity contribution is 0.104. The second-order valence-electron chi connectivity index (χ2n) is 4.85. The molecule has 2 aromatic heterocycles. The molecule has 1 aliphatic rings. The maximum absolute atomic E-state index is 12.8. The predicted molar refractivity (Wildman–Crippen MR) is 78.4 cm³/mol. The number of nitrogens with two attached hydrogens (primary N) is 1. The number of aromatic amines is 1. The Bertz CT molecular complexity index is 909. The summed E-state index contributed by atoms with van der Waals surface area (Å²) in [6.45, 7) is 0. The van der Waals surface area contributed by atoms with Gasteiger partial charge in [0.05, 0.1) is 23.1 Å². The summed E-state index contributed by atoms with van der Waals surface area (Å²) < 4.78 is 5.33. The van der Waals surface area contributed by atoms with Gasteiger partial charge in [-0.05, 0) is 18.2 Å². The van der Waals surface area contributed by atoms with E-state index in [-0.39, 0.29) is 5.78 Å². The number of aromatic nitrogens is 2. The van der Waals surface area contributed by atoms with Crippen LogP contribution in [0.1, 0.15) is 15.9 Å². The van der Waals surface area contributed by atoms with Gasteiger partial charge in [0.15, 0.2) is 11.5 Å². The van der Waals surface area contributed by atoms with E-state index in [1.807, 2.05) is 0 Å². The molecule has 0 spiro atoms. The monoisotopic (exact) mass is 294 g/mol. The van der Waals surface area contributed by atoms with Crippen molar-refractivity contribution < 1.29 is 14.0 Å². The Labute approximate surface area is 124 Å². The molecule has 22 heavy (non-hydrogen) atoms. The third-order valence-corrected chi connectivity index (χ3v) is 3.57. The molecule has 2 heterocycles. The van der Waals surface area contributed by atoms with Gasteiger partial charge in [-0.25, -0.2) is 4.79 Å². The van der Waals surface area contributed by atoms with Crippen molar-refractivity contribution in [3.8, 4) is 22.7 Å².